The van der Waals surface area contributed by atoms with Crippen LogP contribution in [0.3, 0.4) is 0 Å². The fourth-order valence-electron chi connectivity index (χ4n) is 4.65. The van der Waals surface area contributed by atoms with E-state index < -0.39 is 17.6 Å². The summed E-state index contributed by atoms with van der Waals surface area (Å²) in [7, 11) is 0. The van der Waals surface area contributed by atoms with Gasteiger partial charge < -0.3 is 20.6 Å². The molecule has 42 heavy (non-hydrogen) atoms. The standard InChI is InChI=1S/C33H42N4O4.H2S/c1-7-8-14-29(38)37(30(22(2)3)32(39)41-33(4,5)6)21-23-15-18-28(35-20-23)27-19-25(24-12-10-9-11-13-24)16-17-26(27)31(34)36-40;/h9-13,15-20,22,30,40H,7-8,14,21H2,1-6H3,(H2,34,36);1H2/t30-;/m0./s1. The van der Waals surface area contributed by atoms with E-state index >= 15 is 0 Å². The number of hydrogen-bond acceptors (Lipinski definition) is 6. The molecule has 0 bridgehead atoms. The Kier molecular flexibility index (Phi) is 12.6. The molecule has 8 nitrogen and oxygen atoms in total. The number of amidine groups is 1. The highest BCUT2D eigenvalue weighted by Crippen LogP contribution is 2.29. The van der Waals surface area contributed by atoms with Crippen LogP contribution in [-0.2, 0) is 20.9 Å². The summed E-state index contributed by atoms with van der Waals surface area (Å²) in [5.74, 6) is -0.671. The van der Waals surface area contributed by atoms with Crippen LogP contribution in [0, 0.1) is 5.92 Å². The second-order valence-electron chi connectivity index (χ2n) is 11.5. The molecule has 0 spiro atoms. The van der Waals surface area contributed by atoms with Gasteiger partial charge >= 0.3 is 5.97 Å². The number of esters is 1. The van der Waals surface area contributed by atoms with Crippen molar-refractivity contribution in [3.8, 4) is 22.4 Å². The zero-order valence-electron chi connectivity index (χ0n) is 25.4. The van der Waals surface area contributed by atoms with Gasteiger partial charge in [-0.3, -0.25) is 9.78 Å². The van der Waals surface area contributed by atoms with Gasteiger partial charge in [0.2, 0.25) is 5.91 Å². The molecule has 1 aromatic heterocycles. The van der Waals surface area contributed by atoms with E-state index in [0.717, 1.165) is 29.5 Å². The van der Waals surface area contributed by atoms with Gasteiger partial charge in [0.15, 0.2) is 5.84 Å². The molecule has 1 heterocycles. The fraction of sp³-hybridized carbons (Fsp3) is 0.394. The lowest BCUT2D eigenvalue weighted by Crippen LogP contribution is -2.49. The zero-order chi connectivity index (χ0) is 30.2. The van der Waals surface area contributed by atoms with Gasteiger partial charge in [-0.15, -0.1) is 0 Å². The number of pyridine rings is 1. The molecule has 1 amide bonds. The smallest absolute Gasteiger partial charge is 0.329 e. The molecule has 0 aliphatic rings. The van der Waals surface area contributed by atoms with E-state index in [1.54, 1.807) is 11.1 Å². The SMILES string of the molecule is CCCCC(=O)N(Cc1ccc(-c2cc(-c3ccccc3)ccc2/C(N)=N/O)nc1)[C@H](C(=O)OC(C)(C)C)C(C)C.S. The summed E-state index contributed by atoms with van der Waals surface area (Å²) in [5, 5.41) is 12.6. The first-order valence-corrected chi connectivity index (χ1v) is 14.1. The molecule has 0 saturated carbocycles. The van der Waals surface area contributed by atoms with Crippen LogP contribution in [0.25, 0.3) is 22.4 Å². The van der Waals surface area contributed by atoms with Crippen molar-refractivity contribution in [2.45, 2.75) is 79.0 Å². The highest BCUT2D eigenvalue weighted by molar-refractivity contribution is 7.59. The van der Waals surface area contributed by atoms with E-state index in [4.69, 9.17) is 15.5 Å². The van der Waals surface area contributed by atoms with E-state index in [0.29, 0.717) is 23.2 Å². The van der Waals surface area contributed by atoms with Crippen LogP contribution in [0.4, 0.5) is 0 Å². The Morgan fingerprint density at radius 1 is 1.05 bits per heavy atom. The van der Waals surface area contributed by atoms with Crippen molar-refractivity contribution in [2.75, 3.05) is 0 Å². The third-order valence-electron chi connectivity index (χ3n) is 6.64. The molecular weight excluding hydrogens is 548 g/mol. The Balaban J connectivity index is 0.00000616. The second-order valence-corrected chi connectivity index (χ2v) is 11.5. The number of benzene rings is 2. The van der Waals surface area contributed by atoms with Crippen LogP contribution in [0.15, 0.2) is 72.0 Å². The Morgan fingerprint density at radius 3 is 2.29 bits per heavy atom. The van der Waals surface area contributed by atoms with Crippen molar-refractivity contribution in [2.24, 2.45) is 16.8 Å². The van der Waals surface area contributed by atoms with Crippen LogP contribution >= 0.6 is 13.5 Å². The molecule has 0 radical (unpaired) electrons. The molecule has 3 N–H and O–H groups in total. The third-order valence-corrected chi connectivity index (χ3v) is 6.64. The highest BCUT2D eigenvalue weighted by atomic mass is 32.1. The van der Waals surface area contributed by atoms with Gasteiger partial charge in [0.05, 0.1) is 5.69 Å². The molecule has 2 aromatic carbocycles. The lowest BCUT2D eigenvalue weighted by molar-refractivity contribution is -0.167. The van der Waals surface area contributed by atoms with E-state index in [1.807, 2.05) is 102 Å². The van der Waals surface area contributed by atoms with Gasteiger partial charge in [-0.25, -0.2) is 4.79 Å². The second kappa shape index (κ2) is 15.4. The van der Waals surface area contributed by atoms with E-state index in [2.05, 4.69) is 5.16 Å². The number of unbranched alkanes of at least 4 members (excludes halogenated alkanes) is 1. The zero-order valence-corrected chi connectivity index (χ0v) is 26.4. The first-order chi connectivity index (χ1) is 19.4. The van der Waals surface area contributed by atoms with Gasteiger partial charge in [-0.2, -0.15) is 13.5 Å². The van der Waals surface area contributed by atoms with Crippen LogP contribution in [0.2, 0.25) is 0 Å². The quantitative estimate of drug-likeness (QED) is 0.0862. The number of oxime groups is 1. The maximum Gasteiger partial charge on any atom is 0.329 e. The summed E-state index contributed by atoms with van der Waals surface area (Å²) in [6, 6.07) is 18.6. The Morgan fingerprint density at radius 2 is 1.74 bits per heavy atom. The maximum absolute atomic E-state index is 13.4. The van der Waals surface area contributed by atoms with Crippen LogP contribution in [0.5, 0.6) is 0 Å². The molecule has 3 rings (SSSR count). The molecule has 1 atom stereocenters. The number of ether oxygens (including phenoxy) is 1. The van der Waals surface area contributed by atoms with Crippen molar-refractivity contribution in [1.29, 1.82) is 0 Å². The summed E-state index contributed by atoms with van der Waals surface area (Å²) < 4.78 is 5.71. The first-order valence-electron chi connectivity index (χ1n) is 14.1. The predicted molar refractivity (Wildman–Crippen MR) is 173 cm³/mol. The number of carbonyl (C=O) groups is 2. The first kappa shape index (κ1) is 34.4. The van der Waals surface area contributed by atoms with E-state index in [-0.39, 0.29) is 37.7 Å². The lowest BCUT2D eigenvalue weighted by Gasteiger charge is -2.35. The van der Waals surface area contributed by atoms with Crippen LogP contribution in [-0.4, -0.2) is 44.4 Å². The molecule has 9 heteroatoms. The molecule has 0 saturated heterocycles. The van der Waals surface area contributed by atoms with Crippen LogP contribution in [0.1, 0.15) is 71.9 Å². The van der Waals surface area contributed by atoms with E-state index in [1.165, 1.54) is 0 Å². The van der Waals surface area contributed by atoms with Crippen molar-refractivity contribution < 1.29 is 19.5 Å². The predicted octanol–water partition coefficient (Wildman–Crippen LogP) is 6.51. The minimum atomic E-state index is -0.729. The van der Waals surface area contributed by atoms with E-state index in [9.17, 15) is 14.8 Å². The summed E-state index contributed by atoms with van der Waals surface area (Å²) in [4.78, 5) is 33.0. The van der Waals surface area contributed by atoms with Crippen molar-refractivity contribution in [1.82, 2.24) is 9.88 Å². The Bertz CT molecular complexity index is 1350. The van der Waals surface area contributed by atoms with Crippen LogP contribution < -0.4 is 5.73 Å². The molecule has 0 unspecified atom stereocenters. The molecule has 0 fully saturated rings. The monoisotopic (exact) mass is 592 g/mol. The van der Waals surface area contributed by atoms with Gasteiger partial charge in [0, 0.05) is 30.3 Å². The molecule has 0 aliphatic heterocycles. The van der Waals surface area contributed by atoms with Crippen molar-refractivity contribution >= 4 is 31.2 Å². The topological polar surface area (TPSA) is 118 Å². The number of aromatic nitrogens is 1. The minimum absolute atomic E-state index is 0. The summed E-state index contributed by atoms with van der Waals surface area (Å²) in [6.07, 6.45) is 3.66. The van der Waals surface area contributed by atoms with Gasteiger partial charge in [-0.1, -0.05) is 74.8 Å². The Hall–Kier alpha value is -3.85. The average molecular weight is 593 g/mol. The molecule has 226 valence electrons. The van der Waals surface area contributed by atoms with Gasteiger partial charge in [-0.05, 0) is 68.0 Å². The normalized spacial score (nSPS) is 12.4. The third kappa shape index (κ3) is 9.08. The number of hydrogen-bond donors (Lipinski definition) is 2. The fourth-order valence-corrected chi connectivity index (χ4v) is 4.65. The highest BCUT2D eigenvalue weighted by Gasteiger charge is 2.35. The number of carbonyl (C=O) groups excluding carboxylic acids is 2. The number of nitrogens with zero attached hydrogens (tertiary/aromatic N) is 3. The maximum atomic E-state index is 13.4. The molecule has 0 aliphatic carbocycles. The number of nitrogens with two attached hydrogens (primary N) is 1. The van der Waals surface area contributed by atoms with Gasteiger partial charge in [0.25, 0.3) is 0 Å². The van der Waals surface area contributed by atoms with Crippen molar-refractivity contribution in [3.63, 3.8) is 0 Å². The summed E-state index contributed by atoms with van der Waals surface area (Å²) in [5.41, 5.74) is 9.99. The largest absolute Gasteiger partial charge is 0.458 e. The molecular formula is C33H44N4O4S. The number of rotatable bonds is 11. The van der Waals surface area contributed by atoms with Crippen molar-refractivity contribution in [3.05, 3.63) is 78.0 Å². The lowest BCUT2D eigenvalue weighted by atomic mass is 9.96. The number of amides is 1. The summed E-state index contributed by atoms with van der Waals surface area (Å²) in [6.45, 7) is 11.6. The summed E-state index contributed by atoms with van der Waals surface area (Å²) >= 11 is 0. The Labute approximate surface area is 256 Å². The minimum Gasteiger partial charge on any atom is -0.458 e. The molecule has 3 aromatic rings. The average Bonchev–Trinajstić information content (AvgIpc) is 2.94. The van der Waals surface area contributed by atoms with Gasteiger partial charge in [0.1, 0.15) is 11.6 Å².